The molecular formula is C15H20N2O3S. The van der Waals surface area contributed by atoms with E-state index in [-0.39, 0.29) is 16.9 Å². The quantitative estimate of drug-likeness (QED) is 0.771. The Morgan fingerprint density at radius 3 is 2.76 bits per heavy atom. The smallest absolute Gasteiger partial charge is 0.326 e. The molecule has 2 aromatic rings. The molecule has 2 rings (SSSR count). The van der Waals surface area contributed by atoms with Crippen molar-refractivity contribution in [3.63, 3.8) is 0 Å². The number of aromatic amines is 1. The first kappa shape index (κ1) is 15.7. The summed E-state index contributed by atoms with van der Waals surface area (Å²) in [6, 6.07) is 7.58. The lowest BCUT2D eigenvalue weighted by atomic mass is 10.1. The van der Waals surface area contributed by atoms with Gasteiger partial charge in [0.05, 0.1) is 11.0 Å². The molecule has 1 aromatic heterocycles. The Balaban J connectivity index is 1.95. The molecule has 0 aliphatic rings. The van der Waals surface area contributed by atoms with Crippen LogP contribution >= 0.6 is 11.8 Å². The highest BCUT2D eigenvalue weighted by atomic mass is 32.2. The Hall–Kier alpha value is -1.69. The van der Waals surface area contributed by atoms with Crippen LogP contribution in [0.2, 0.25) is 0 Å². The van der Waals surface area contributed by atoms with Crippen LogP contribution in [-0.4, -0.2) is 31.6 Å². The summed E-state index contributed by atoms with van der Waals surface area (Å²) in [7, 11) is 0. The minimum absolute atomic E-state index is 0.100. The Labute approximate surface area is 127 Å². The third-order valence-electron chi connectivity index (χ3n) is 3.35. The number of carboxylic acid groups (broad SMARTS) is 1. The van der Waals surface area contributed by atoms with E-state index in [0.717, 1.165) is 23.2 Å². The second-order valence-corrected chi connectivity index (χ2v) is 6.58. The summed E-state index contributed by atoms with van der Waals surface area (Å²) in [5.74, 6) is 0.0590. The molecule has 0 fully saturated rings. The lowest BCUT2D eigenvalue weighted by Gasteiger charge is -2.15. The molecule has 0 saturated carbocycles. The summed E-state index contributed by atoms with van der Waals surface area (Å²) < 4.78 is 1.71. The minimum Gasteiger partial charge on any atom is -0.480 e. The number of benzene rings is 1. The van der Waals surface area contributed by atoms with Crippen molar-refractivity contribution in [1.29, 1.82) is 0 Å². The van der Waals surface area contributed by atoms with Gasteiger partial charge in [0.1, 0.15) is 5.25 Å². The molecule has 0 aliphatic heterocycles. The van der Waals surface area contributed by atoms with E-state index < -0.39 is 5.97 Å². The van der Waals surface area contributed by atoms with Gasteiger partial charge in [0.25, 0.3) is 0 Å². The number of fused-ring (bicyclic) bond motifs is 1. The van der Waals surface area contributed by atoms with Crippen LogP contribution in [0.1, 0.15) is 20.3 Å². The third kappa shape index (κ3) is 3.69. The highest BCUT2D eigenvalue weighted by molar-refractivity contribution is 8.00. The lowest BCUT2D eigenvalue weighted by Crippen LogP contribution is -2.23. The summed E-state index contributed by atoms with van der Waals surface area (Å²) in [6.45, 7) is 4.42. The second kappa shape index (κ2) is 6.85. The summed E-state index contributed by atoms with van der Waals surface area (Å²) in [4.78, 5) is 25.8. The Morgan fingerprint density at radius 2 is 2.10 bits per heavy atom. The number of H-pyrrole nitrogens is 1. The highest BCUT2D eigenvalue weighted by Gasteiger charge is 2.21. The zero-order chi connectivity index (χ0) is 15.4. The van der Waals surface area contributed by atoms with Gasteiger partial charge < -0.3 is 10.1 Å². The number of aliphatic carboxylic acids is 1. The van der Waals surface area contributed by atoms with Crippen molar-refractivity contribution in [3.05, 3.63) is 34.7 Å². The van der Waals surface area contributed by atoms with Crippen LogP contribution in [0.15, 0.2) is 29.1 Å². The predicted molar refractivity (Wildman–Crippen MR) is 85.9 cm³/mol. The van der Waals surface area contributed by atoms with Crippen LogP contribution in [0.5, 0.6) is 0 Å². The van der Waals surface area contributed by atoms with Crippen LogP contribution in [-0.2, 0) is 11.3 Å². The summed E-state index contributed by atoms with van der Waals surface area (Å²) in [5.41, 5.74) is 1.62. The number of nitrogens with one attached hydrogen (secondary N) is 1. The van der Waals surface area contributed by atoms with Gasteiger partial charge in [-0.2, -0.15) is 0 Å². The number of nitrogens with zero attached hydrogens (tertiary/aromatic N) is 1. The molecule has 1 aromatic carbocycles. The Morgan fingerprint density at radius 1 is 1.38 bits per heavy atom. The Bertz CT molecular complexity index is 675. The predicted octanol–water partition coefficient (Wildman–Crippen LogP) is 2.56. The maximum atomic E-state index is 11.9. The number of aryl methyl sites for hydroxylation is 1. The first-order valence-electron chi connectivity index (χ1n) is 7.02. The number of rotatable bonds is 7. The van der Waals surface area contributed by atoms with E-state index in [1.54, 1.807) is 4.57 Å². The number of para-hydroxylation sites is 2. The molecule has 0 aliphatic carbocycles. The Kier molecular flexibility index (Phi) is 5.12. The van der Waals surface area contributed by atoms with E-state index in [4.69, 9.17) is 5.11 Å². The van der Waals surface area contributed by atoms with Gasteiger partial charge in [0, 0.05) is 6.54 Å². The van der Waals surface area contributed by atoms with E-state index in [2.05, 4.69) is 4.98 Å². The van der Waals surface area contributed by atoms with E-state index in [9.17, 15) is 9.59 Å². The molecule has 1 unspecified atom stereocenters. The summed E-state index contributed by atoms with van der Waals surface area (Å²) >= 11 is 1.45. The molecule has 6 heteroatoms. The van der Waals surface area contributed by atoms with Crippen LogP contribution in [0.3, 0.4) is 0 Å². The highest BCUT2D eigenvalue weighted by Crippen LogP contribution is 2.21. The van der Waals surface area contributed by atoms with Crippen molar-refractivity contribution in [1.82, 2.24) is 9.55 Å². The molecule has 1 atom stereocenters. The second-order valence-electron chi connectivity index (χ2n) is 5.33. The molecule has 5 nitrogen and oxygen atoms in total. The number of imidazole rings is 1. The van der Waals surface area contributed by atoms with Gasteiger partial charge in [-0.1, -0.05) is 26.0 Å². The van der Waals surface area contributed by atoms with Gasteiger partial charge in [-0.3, -0.25) is 9.36 Å². The largest absolute Gasteiger partial charge is 0.480 e. The molecule has 0 bridgehead atoms. The standard InChI is InChI=1S/C15H20N2O3S/c1-10(2)13(14(18)19)21-9-5-8-17-12-7-4-3-6-11(12)16-15(17)20/h3-4,6-7,10,13H,5,8-9H2,1-2H3,(H,16,20)(H,18,19). The number of hydrogen-bond donors (Lipinski definition) is 2. The molecule has 114 valence electrons. The average Bonchev–Trinajstić information content (AvgIpc) is 2.73. The van der Waals surface area contributed by atoms with Gasteiger partial charge in [-0.05, 0) is 30.2 Å². The average molecular weight is 308 g/mol. The first-order valence-corrected chi connectivity index (χ1v) is 8.07. The van der Waals surface area contributed by atoms with E-state index in [1.807, 2.05) is 38.1 Å². The van der Waals surface area contributed by atoms with Gasteiger partial charge >= 0.3 is 11.7 Å². The maximum Gasteiger partial charge on any atom is 0.326 e. The van der Waals surface area contributed by atoms with Crippen molar-refractivity contribution >= 4 is 28.8 Å². The van der Waals surface area contributed by atoms with Crippen LogP contribution in [0.25, 0.3) is 11.0 Å². The van der Waals surface area contributed by atoms with Crippen molar-refractivity contribution < 1.29 is 9.90 Å². The fourth-order valence-corrected chi connectivity index (χ4v) is 3.39. The van der Waals surface area contributed by atoms with E-state index in [0.29, 0.717) is 6.54 Å². The fraction of sp³-hybridized carbons (Fsp3) is 0.467. The van der Waals surface area contributed by atoms with Gasteiger partial charge in [-0.25, -0.2) is 4.79 Å². The maximum absolute atomic E-state index is 11.9. The molecule has 0 radical (unpaired) electrons. The zero-order valence-electron chi connectivity index (χ0n) is 12.2. The number of carboxylic acids is 1. The molecule has 21 heavy (non-hydrogen) atoms. The number of aromatic nitrogens is 2. The van der Waals surface area contributed by atoms with Crippen molar-refractivity contribution in [2.75, 3.05) is 5.75 Å². The van der Waals surface area contributed by atoms with Gasteiger partial charge in [-0.15, -0.1) is 11.8 Å². The molecule has 1 heterocycles. The van der Waals surface area contributed by atoms with Crippen LogP contribution in [0, 0.1) is 5.92 Å². The van der Waals surface area contributed by atoms with Crippen LogP contribution in [0.4, 0.5) is 0 Å². The summed E-state index contributed by atoms with van der Waals surface area (Å²) in [5, 5.41) is 8.75. The van der Waals surface area contributed by atoms with Crippen molar-refractivity contribution in [2.45, 2.75) is 32.1 Å². The van der Waals surface area contributed by atoms with E-state index in [1.165, 1.54) is 11.8 Å². The number of carbonyl (C=O) groups is 1. The van der Waals surface area contributed by atoms with Gasteiger partial charge in [0.2, 0.25) is 0 Å². The SMILES string of the molecule is CC(C)C(SCCCn1c(=O)[nH]c2ccccc21)C(=O)O. The first-order chi connectivity index (χ1) is 10.0. The normalized spacial score (nSPS) is 12.9. The lowest BCUT2D eigenvalue weighted by molar-refractivity contribution is -0.137. The monoisotopic (exact) mass is 308 g/mol. The molecule has 0 saturated heterocycles. The van der Waals surface area contributed by atoms with E-state index >= 15 is 0 Å². The topological polar surface area (TPSA) is 75.1 Å². The number of thioether (sulfide) groups is 1. The number of hydrogen-bond acceptors (Lipinski definition) is 3. The van der Waals surface area contributed by atoms with Crippen LogP contribution < -0.4 is 5.69 Å². The molecule has 0 amide bonds. The summed E-state index contributed by atoms with van der Waals surface area (Å²) in [6.07, 6.45) is 0.767. The molecule has 2 N–H and O–H groups in total. The minimum atomic E-state index is -0.765. The van der Waals surface area contributed by atoms with Crippen molar-refractivity contribution in [2.24, 2.45) is 5.92 Å². The van der Waals surface area contributed by atoms with Gasteiger partial charge in [0.15, 0.2) is 0 Å². The third-order valence-corrected chi connectivity index (χ3v) is 4.98. The molecule has 0 spiro atoms. The molecular weight excluding hydrogens is 288 g/mol. The fourth-order valence-electron chi connectivity index (χ4n) is 2.31. The zero-order valence-corrected chi connectivity index (χ0v) is 13.0. The van der Waals surface area contributed by atoms with Crippen molar-refractivity contribution in [3.8, 4) is 0 Å².